The number of halogens is 1. The number of anilines is 2. The summed E-state index contributed by atoms with van der Waals surface area (Å²) in [6, 6.07) is 10.1. The summed E-state index contributed by atoms with van der Waals surface area (Å²) in [7, 11) is 0. The van der Waals surface area contributed by atoms with Crippen LogP contribution in [0.5, 0.6) is 0 Å². The van der Waals surface area contributed by atoms with E-state index in [1.807, 2.05) is 0 Å². The average Bonchev–Trinajstić information content (AvgIpc) is 2.45. The standard InChI is InChI=1S/C15H16ClN3O2/c16-11-5-13(18)12(7-17)14(6-11)19-8-9-1-3-10(4-2-9)15(20)21/h1-6,19H,7-8,17-18H2,(H,20,21). The van der Waals surface area contributed by atoms with E-state index in [0.29, 0.717) is 23.8 Å². The molecule has 0 amide bonds. The molecular formula is C15H16ClN3O2. The topological polar surface area (TPSA) is 101 Å². The molecule has 2 aromatic carbocycles. The Balaban J connectivity index is 2.14. The van der Waals surface area contributed by atoms with Crippen molar-refractivity contribution < 1.29 is 9.90 Å². The van der Waals surface area contributed by atoms with Gasteiger partial charge in [0.1, 0.15) is 0 Å². The summed E-state index contributed by atoms with van der Waals surface area (Å²) in [6.07, 6.45) is 0. The van der Waals surface area contributed by atoms with Crippen molar-refractivity contribution in [1.82, 2.24) is 0 Å². The fourth-order valence-corrected chi connectivity index (χ4v) is 2.23. The van der Waals surface area contributed by atoms with Gasteiger partial charge in [-0.05, 0) is 29.8 Å². The Morgan fingerprint density at radius 2 is 1.90 bits per heavy atom. The van der Waals surface area contributed by atoms with Gasteiger partial charge in [0.25, 0.3) is 0 Å². The second-order valence-electron chi connectivity index (χ2n) is 4.58. The zero-order chi connectivity index (χ0) is 15.4. The number of carbonyl (C=O) groups is 1. The Labute approximate surface area is 127 Å². The molecule has 2 rings (SSSR count). The smallest absolute Gasteiger partial charge is 0.335 e. The maximum atomic E-state index is 10.8. The minimum absolute atomic E-state index is 0.258. The number of aromatic carboxylic acids is 1. The maximum absolute atomic E-state index is 10.8. The number of carboxylic acids is 1. The van der Waals surface area contributed by atoms with Gasteiger partial charge in [0.2, 0.25) is 0 Å². The van der Waals surface area contributed by atoms with Gasteiger partial charge in [-0.1, -0.05) is 23.7 Å². The lowest BCUT2D eigenvalue weighted by atomic mass is 10.1. The Hall–Kier alpha value is -2.24. The second-order valence-corrected chi connectivity index (χ2v) is 5.02. The van der Waals surface area contributed by atoms with Crippen molar-refractivity contribution in [1.29, 1.82) is 0 Å². The van der Waals surface area contributed by atoms with Crippen molar-refractivity contribution in [3.63, 3.8) is 0 Å². The summed E-state index contributed by atoms with van der Waals surface area (Å²) >= 11 is 5.99. The lowest BCUT2D eigenvalue weighted by molar-refractivity contribution is 0.0697. The molecule has 0 saturated heterocycles. The fraction of sp³-hybridized carbons (Fsp3) is 0.133. The summed E-state index contributed by atoms with van der Waals surface area (Å²) in [5.74, 6) is -0.942. The molecule has 0 atom stereocenters. The zero-order valence-corrected chi connectivity index (χ0v) is 12.0. The number of hydrogen-bond acceptors (Lipinski definition) is 4. The molecule has 0 aliphatic heterocycles. The molecule has 6 N–H and O–H groups in total. The van der Waals surface area contributed by atoms with Crippen LogP contribution in [0.1, 0.15) is 21.5 Å². The molecule has 5 nitrogen and oxygen atoms in total. The number of nitrogens with one attached hydrogen (secondary N) is 1. The summed E-state index contributed by atoms with van der Waals surface area (Å²) < 4.78 is 0. The number of hydrogen-bond donors (Lipinski definition) is 4. The highest BCUT2D eigenvalue weighted by molar-refractivity contribution is 6.31. The first kappa shape index (κ1) is 15.2. The van der Waals surface area contributed by atoms with Crippen LogP contribution in [0.3, 0.4) is 0 Å². The van der Waals surface area contributed by atoms with Gasteiger partial charge in [-0.15, -0.1) is 0 Å². The van der Waals surface area contributed by atoms with E-state index in [0.717, 1.165) is 16.8 Å². The van der Waals surface area contributed by atoms with E-state index in [2.05, 4.69) is 5.32 Å². The largest absolute Gasteiger partial charge is 0.478 e. The lowest BCUT2D eigenvalue weighted by Gasteiger charge is -2.14. The van der Waals surface area contributed by atoms with Gasteiger partial charge in [0.05, 0.1) is 5.56 Å². The van der Waals surface area contributed by atoms with Crippen molar-refractivity contribution in [2.45, 2.75) is 13.1 Å². The molecule has 0 aromatic heterocycles. The highest BCUT2D eigenvalue weighted by Gasteiger charge is 2.07. The molecule has 0 aliphatic carbocycles. The van der Waals surface area contributed by atoms with Crippen LogP contribution < -0.4 is 16.8 Å². The Kier molecular flexibility index (Phi) is 4.67. The highest BCUT2D eigenvalue weighted by Crippen LogP contribution is 2.27. The molecular weight excluding hydrogens is 290 g/mol. The van der Waals surface area contributed by atoms with Crippen LogP contribution >= 0.6 is 11.6 Å². The van der Waals surface area contributed by atoms with Gasteiger partial charge >= 0.3 is 5.97 Å². The summed E-state index contributed by atoms with van der Waals surface area (Å²) in [5.41, 5.74) is 14.9. The van der Waals surface area contributed by atoms with Crippen molar-refractivity contribution in [3.8, 4) is 0 Å². The monoisotopic (exact) mass is 305 g/mol. The quantitative estimate of drug-likeness (QED) is 0.636. The van der Waals surface area contributed by atoms with E-state index in [1.165, 1.54) is 0 Å². The molecule has 0 saturated carbocycles. The van der Waals surface area contributed by atoms with Crippen LogP contribution in [0.15, 0.2) is 36.4 Å². The first-order valence-electron chi connectivity index (χ1n) is 6.35. The van der Waals surface area contributed by atoms with Gasteiger partial charge in [0, 0.05) is 35.1 Å². The van der Waals surface area contributed by atoms with Crippen LogP contribution in [0.2, 0.25) is 5.02 Å². The highest BCUT2D eigenvalue weighted by atomic mass is 35.5. The molecule has 0 heterocycles. The predicted octanol–water partition coefficient (Wildman–Crippen LogP) is 2.69. The molecule has 0 bridgehead atoms. The molecule has 0 unspecified atom stereocenters. The third-order valence-corrected chi connectivity index (χ3v) is 3.36. The number of nitrogen functional groups attached to an aromatic ring is 1. The average molecular weight is 306 g/mol. The first-order chi connectivity index (χ1) is 10.0. The molecule has 0 aliphatic rings. The molecule has 0 radical (unpaired) electrons. The molecule has 21 heavy (non-hydrogen) atoms. The number of nitrogens with two attached hydrogens (primary N) is 2. The summed E-state index contributed by atoms with van der Waals surface area (Å²) in [4.78, 5) is 10.8. The van der Waals surface area contributed by atoms with Gasteiger partial charge in [0.15, 0.2) is 0 Å². The van der Waals surface area contributed by atoms with Crippen LogP contribution in [-0.4, -0.2) is 11.1 Å². The van der Waals surface area contributed by atoms with E-state index in [1.54, 1.807) is 36.4 Å². The minimum Gasteiger partial charge on any atom is -0.478 e. The number of benzene rings is 2. The van der Waals surface area contributed by atoms with Crippen LogP contribution in [0.25, 0.3) is 0 Å². The van der Waals surface area contributed by atoms with Crippen LogP contribution in [0, 0.1) is 0 Å². The van der Waals surface area contributed by atoms with Crippen molar-refractivity contribution >= 4 is 28.9 Å². The van der Waals surface area contributed by atoms with E-state index in [9.17, 15) is 4.79 Å². The number of carboxylic acid groups (broad SMARTS) is 1. The summed E-state index contributed by atoms with van der Waals surface area (Å²) in [6.45, 7) is 0.829. The second kappa shape index (κ2) is 6.47. The molecule has 6 heteroatoms. The molecule has 0 fully saturated rings. The molecule has 2 aromatic rings. The number of rotatable bonds is 5. The summed E-state index contributed by atoms with van der Waals surface area (Å²) in [5, 5.41) is 12.6. The predicted molar refractivity (Wildman–Crippen MR) is 84.5 cm³/mol. The van der Waals surface area contributed by atoms with Crippen molar-refractivity contribution in [2.24, 2.45) is 5.73 Å². The minimum atomic E-state index is -0.942. The third-order valence-electron chi connectivity index (χ3n) is 3.14. The van der Waals surface area contributed by atoms with Gasteiger partial charge in [-0.3, -0.25) is 0 Å². The Morgan fingerprint density at radius 3 is 2.48 bits per heavy atom. The zero-order valence-electron chi connectivity index (χ0n) is 11.3. The Morgan fingerprint density at radius 1 is 1.24 bits per heavy atom. The van der Waals surface area contributed by atoms with E-state index in [4.69, 9.17) is 28.2 Å². The SMILES string of the molecule is NCc1c(N)cc(Cl)cc1NCc1ccc(C(=O)O)cc1. The van der Waals surface area contributed by atoms with E-state index >= 15 is 0 Å². The maximum Gasteiger partial charge on any atom is 0.335 e. The van der Waals surface area contributed by atoms with Crippen molar-refractivity contribution in [3.05, 3.63) is 58.1 Å². The van der Waals surface area contributed by atoms with Crippen LogP contribution in [0.4, 0.5) is 11.4 Å². The van der Waals surface area contributed by atoms with E-state index < -0.39 is 5.97 Å². The fourth-order valence-electron chi connectivity index (χ4n) is 2.01. The van der Waals surface area contributed by atoms with E-state index in [-0.39, 0.29) is 5.56 Å². The third kappa shape index (κ3) is 3.65. The van der Waals surface area contributed by atoms with Gasteiger partial charge < -0.3 is 21.9 Å². The first-order valence-corrected chi connectivity index (χ1v) is 6.73. The van der Waals surface area contributed by atoms with Crippen molar-refractivity contribution in [2.75, 3.05) is 11.1 Å². The lowest BCUT2D eigenvalue weighted by Crippen LogP contribution is -2.08. The van der Waals surface area contributed by atoms with Gasteiger partial charge in [-0.25, -0.2) is 4.79 Å². The molecule has 110 valence electrons. The normalized spacial score (nSPS) is 10.4. The Bertz CT molecular complexity index is 657. The van der Waals surface area contributed by atoms with Gasteiger partial charge in [-0.2, -0.15) is 0 Å². The van der Waals surface area contributed by atoms with Crippen LogP contribution in [-0.2, 0) is 13.1 Å². The molecule has 0 spiro atoms.